The van der Waals surface area contributed by atoms with Crippen LogP contribution >= 0.6 is 11.3 Å². The molecule has 0 aliphatic heterocycles. The fraction of sp³-hybridized carbons (Fsp3) is 0.0909. The minimum atomic E-state index is -0.437. The van der Waals surface area contributed by atoms with Gasteiger partial charge in [-0.05, 0) is 19.1 Å². The standard InChI is InChI=1S/C11H9N3OS/c1-6-9(10(12)15)14-7-4-2-3-5-8(7)16-11(14)13-6/h2-5H,1H3,(H2,12,15). The third-order valence-electron chi connectivity index (χ3n) is 2.56. The predicted molar refractivity (Wildman–Crippen MR) is 63.8 cm³/mol. The van der Waals surface area contributed by atoms with E-state index in [9.17, 15) is 4.79 Å². The lowest BCUT2D eigenvalue weighted by atomic mass is 10.3. The summed E-state index contributed by atoms with van der Waals surface area (Å²) in [6.45, 7) is 1.80. The van der Waals surface area contributed by atoms with Gasteiger partial charge in [0.1, 0.15) is 5.69 Å². The molecule has 3 rings (SSSR count). The number of carbonyl (C=O) groups excluding carboxylic acids is 1. The van der Waals surface area contributed by atoms with Crippen LogP contribution in [0.5, 0.6) is 0 Å². The van der Waals surface area contributed by atoms with Gasteiger partial charge in [-0.3, -0.25) is 9.20 Å². The Labute approximate surface area is 95.3 Å². The van der Waals surface area contributed by atoms with Crippen LogP contribution in [0.25, 0.3) is 15.2 Å². The molecule has 2 N–H and O–H groups in total. The molecule has 80 valence electrons. The number of thiazole rings is 1. The highest BCUT2D eigenvalue weighted by molar-refractivity contribution is 7.23. The molecule has 0 spiro atoms. The number of imidazole rings is 1. The minimum Gasteiger partial charge on any atom is -0.364 e. The zero-order chi connectivity index (χ0) is 11.3. The first-order valence-electron chi connectivity index (χ1n) is 4.85. The van der Waals surface area contributed by atoms with Crippen molar-refractivity contribution in [1.82, 2.24) is 9.38 Å². The van der Waals surface area contributed by atoms with Crippen LogP contribution in [0.2, 0.25) is 0 Å². The monoisotopic (exact) mass is 231 g/mol. The van der Waals surface area contributed by atoms with Gasteiger partial charge in [0, 0.05) is 0 Å². The molecule has 0 saturated heterocycles. The molecule has 16 heavy (non-hydrogen) atoms. The van der Waals surface area contributed by atoms with Crippen molar-refractivity contribution in [2.75, 3.05) is 0 Å². The smallest absolute Gasteiger partial charge is 0.267 e. The SMILES string of the molecule is Cc1nc2sc3ccccc3n2c1C(N)=O. The Bertz CT molecular complexity index is 710. The maximum Gasteiger partial charge on any atom is 0.267 e. The van der Waals surface area contributed by atoms with E-state index in [-0.39, 0.29) is 0 Å². The summed E-state index contributed by atoms with van der Waals surface area (Å²) in [6.07, 6.45) is 0. The molecule has 2 aromatic heterocycles. The Kier molecular flexibility index (Phi) is 1.79. The second kappa shape index (κ2) is 3.05. The summed E-state index contributed by atoms with van der Waals surface area (Å²) < 4.78 is 2.94. The highest BCUT2D eigenvalue weighted by Gasteiger charge is 2.17. The maximum atomic E-state index is 11.4. The van der Waals surface area contributed by atoms with Gasteiger partial charge < -0.3 is 5.73 Å². The minimum absolute atomic E-state index is 0.437. The second-order valence-electron chi connectivity index (χ2n) is 3.60. The lowest BCUT2D eigenvalue weighted by Crippen LogP contribution is -2.14. The van der Waals surface area contributed by atoms with Crippen molar-refractivity contribution in [3.05, 3.63) is 35.7 Å². The number of rotatable bonds is 1. The van der Waals surface area contributed by atoms with Crippen LogP contribution in [0.1, 0.15) is 16.2 Å². The molecule has 0 aliphatic carbocycles. The third-order valence-corrected chi connectivity index (χ3v) is 3.58. The van der Waals surface area contributed by atoms with Crippen LogP contribution < -0.4 is 5.73 Å². The number of nitrogens with two attached hydrogens (primary N) is 1. The fourth-order valence-corrected chi connectivity index (χ4v) is 2.98. The second-order valence-corrected chi connectivity index (χ2v) is 4.61. The molecule has 0 unspecified atom stereocenters. The van der Waals surface area contributed by atoms with Crippen LogP contribution in [0.3, 0.4) is 0 Å². The zero-order valence-electron chi connectivity index (χ0n) is 8.60. The lowest BCUT2D eigenvalue weighted by Gasteiger charge is -1.96. The van der Waals surface area contributed by atoms with Crippen molar-refractivity contribution in [1.29, 1.82) is 0 Å². The zero-order valence-corrected chi connectivity index (χ0v) is 9.41. The summed E-state index contributed by atoms with van der Waals surface area (Å²) in [5.41, 5.74) is 7.53. The molecule has 0 aliphatic rings. The number of hydrogen-bond donors (Lipinski definition) is 1. The first-order chi connectivity index (χ1) is 7.68. The number of primary amides is 1. The molecule has 1 aromatic carbocycles. The number of aromatic nitrogens is 2. The van der Waals surface area contributed by atoms with Crippen LogP contribution in [-0.4, -0.2) is 15.3 Å². The summed E-state index contributed by atoms with van der Waals surface area (Å²) in [5.74, 6) is -0.437. The Hall–Kier alpha value is -1.88. The molecule has 0 bridgehead atoms. The van der Waals surface area contributed by atoms with E-state index in [4.69, 9.17) is 5.73 Å². The van der Waals surface area contributed by atoms with E-state index in [2.05, 4.69) is 4.98 Å². The summed E-state index contributed by atoms with van der Waals surface area (Å²) in [6, 6.07) is 7.88. The Morgan fingerprint density at radius 1 is 1.44 bits per heavy atom. The number of amides is 1. The summed E-state index contributed by atoms with van der Waals surface area (Å²) in [5, 5.41) is 0. The van der Waals surface area contributed by atoms with Gasteiger partial charge in [0.25, 0.3) is 5.91 Å². The van der Waals surface area contributed by atoms with Gasteiger partial charge in [0.05, 0.1) is 15.9 Å². The van der Waals surface area contributed by atoms with Crippen LogP contribution in [0.4, 0.5) is 0 Å². The molecule has 0 radical (unpaired) electrons. The van der Waals surface area contributed by atoms with Crippen molar-refractivity contribution < 1.29 is 4.79 Å². The Morgan fingerprint density at radius 2 is 2.19 bits per heavy atom. The number of aryl methyl sites for hydroxylation is 1. The van der Waals surface area contributed by atoms with Crippen LogP contribution in [0.15, 0.2) is 24.3 Å². The van der Waals surface area contributed by atoms with Gasteiger partial charge >= 0.3 is 0 Å². The average molecular weight is 231 g/mol. The van der Waals surface area contributed by atoms with E-state index >= 15 is 0 Å². The number of fused-ring (bicyclic) bond motifs is 3. The predicted octanol–water partition coefficient (Wildman–Crippen LogP) is 1.96. The average Bonchev–Trinajstić information content (AvgIpc) is 2.71. The van der Waals surface area contributed by atoms with Crippen molar-refractivity contribution in [2.24, 2.45) is 5.73 Å². The molecule has 2 heterocycles. The van der Waals surface area contributed by atoms with E-state index in [0.717, 1.165) is 15.2 Å². The topological polar surface area (TPSA) is 60.4 Å². The number of para-hydroxylation sites is 1. The van der Waals surface area contributed by atoms with Gasteiger partial charge in [-0.15, -0.1) is 0 Å². The van der Waals surface area contributed by atoms with Gasteiger partial charge in [-0.1, -0.05) is 23.5 Å². The molecule has 0 atom stereocenters. The molecule has 4 nitrogen and oxygen atoms in total. The molecule has 0 fully saturated rings. The highest BCUT2D eigenvalue weighted by atomic mass is 32.1. The largest absolute Gasteiger partial charge is 0.364 e. The molecule has 0 saturated carbocycles. The van der Waals surface area contributed by atoms with Gasteiger partial charge in [-0.2, -0.15) is 0 Å². The number of hydrogen-bond acceptors (Lipinski definition) is 3. The quantitative estimate of drug-likeness (QED) is 0.696. The van der Waals surface area contributed by atoms with E-state index < -0.39 is 5.91 Å². The highest BCUT2D eigenvalue weighted by Crippen LogP contribution is 2.28. The molecular formula is C11H9N3OS. The van der Waals surface area contributed by atoms with E-state index in [1.807, 2.05) is 28.7 Å². The number of benzene rings is 1. The molecule has 1 amide bonds. The molecule has 3 aromatic rings. The summed E-state index contributed by atoms with van der Waals surface area (Å²) in [7, 11) is 0. The van der Waals surface area contributed by atoms with Crippen molar-refractivity contribution >= 4 is 32.4 Å². The lowest BCUT2D eigenvalue weighted by molar-refractivity contribution is 0.0994. The van der Waals surface area contributed by atoms with Crippen molar-refractivity contribution in [2.45, 2.75) is 6.92 Å². The van der Waals surface area contributed by atoms with Gasteiger partial charge in [0.2, 0.25) is 0 Å². The summed E-state index contributed by atoms with van der Waals surface area (Å²) in [4.78, 5) is 16.6. The van der Waals surface area contributed by atoms with E-state index in [0.29, 0.717) is 11.4 Å². The molecular weight excluding hydrogens is 222 g/mol. The Morgan fingerprint density at radius 3 is 2.94 bits per heavy atom. The first kappa shape index (κ1) is 9.35. The van der Waals surface area contributed by atoms with Crippen LogP contribution in [0, 0.1) is 6.92 Å². The summed E-state index contributed by atoms with van der Waals surface area (Å²) >= 11 is 1.56. The third kappa shape index (κ3) is 1.09. The number of nitrogens with zero attached hydrogens (tertiary/aromatic N) is 2. The van der Waals surface area contributed by atoms with Crippen molar-refractivity contribution in [3.63, 3.8) is 0 Å². The maximum absolute atomic E-state index is 11.4. The fourth-order valence-electron chi connectivity index (χ4n) is 1.91. The van der Waals surface area contributed by atoms with Crippen LogP contribution in [-0.2, 0) is 0 Å². The molecule has 5 heteroatoms. The van der Waals surface area contributed by atoms with E-state index in [1.165, 1.54) is 0 Å². The van der Waals surface area contributed by atoms with E-state index in [1.54, 1.807) is 18.3 Å². The Balaban J connectivity index is 2.57. The van der Waals surface area contributed by atoms with Crippen molar-refractivity contribution in [3.8, 4) is 0 Å². The number of carbonyl (C=O) groups is 1. The first-order valence-corrected chi connectivity index (χ1v) is 5.66. The normalized spacial score (nSPS) is 11.3. The van der Waals surface area contributed by atoms with Gasteiger partial charge in [-0.25, -0.2) is 4.98 Å². The van der Waals surface area contributed by atoms with Gasteiger partial charge in [0.15, 0.2) is 4.96 Å².